The third-order valence-electron chi connectivity index (χ3n) is 1.86. The maximum Gasteiger partial charge on any atom is 0.255 e. The lowest BCUT2D eigenvalue weighted by Crippen LogP contribution is -2.14. The van der Waals surface area contributed by atoms with Gasteiger partial charge in [0.05, 0.1) is 0 Å². The second kappa shape index (κ2) is 2.08. The number of anilines is 1. The summed E-state index contributed by atoms with van der Waals surface area (Å²) in [6.45, 7) is 0. The smallest absolute Gasteiger partial charge is 0.255 e. The Balaban J connectivity index is 2.48. The standard InChI is InChI=1S/C7H9N3O/c8-7-9-3-5(4-1-2-4)6(11)10-7/h3-4H,1-2H2,(H3,8,9,10,11). The molecule has 1 saturated carbocycles. The molecular weight excluding hydrogens is 142 g/mol. The molecule has 0 atom stereocenters. The van der Waals surface area contributed by atoms with Gasteiger partial charge in [-0.2, -0.15) is 0 Å². The molecule has 0 saturated heterocycles. The van der Waals surface area contributed by atoms with Crippen molar-refractivity contribution in [1.82, 2.24) is 9.97 Å². The number of nitrogens with zero attached hydrogens (tertiary/aromatic N) is 1. The number of rotatable bonds is 1. The van der Waals surface area contributed by atoms with E-state index in [0.717, 1.165) is 18.4 Å². The Morgan fingerprint density at radius 1 is 1.64 bits per heavy atom. The highest BCUT2D eigenvalue weighted by Gasteiger charge is 2.26. The van der Waals surface area contributed by atoms with Crippen molar-refractivity contribution in [3.8, 4) is 0 Å². The number of nitrogens with two attached hydrogens (primary N) is 1. The average molecular weight is 151 g/mol. The molecule has 0 aliphatic heterocycles. The summed E-state index contributed by atoms with van der Waals surface area (Å²) < 4.78 is 0. The van der Waals surface area contributed by atoms with Crippen LogP contribution in [0.2, 0.25) is 0 Å². The van der Waals surface area contributed by atoms with Crippen LogP contribution in [0.25, 0.3) is 0 Å². The molecule has 0 spiro atoms. The van der Waals surface area contributed by atoms with E-state index in [9.17, 15) is 4.79 Å². The fourth-order valence-electron chi connectivity index (χ4n) is 1.10. The Kier molecular flexibility index (Phi) is 1.21. The van der Waals surface area contributed by atoms with Crippen LogP contribution in [0, 0.1) is 0 Å². The van der Waals surface area contributed by atoms with Crippen molar-refractivity contribution in [2.24, 2.45) is 0 Å². The van der Waals surface area contributed by atoms with Crippen molar-refractivity contribution >= 4 is 5.95 Å². The maximum absolute atomic E-state index is 11.1. The number of aromatic nitrogens is 2. The van der Waals surface area contributed by atoms with Gasteiger partial charge in [0.25, 0.3) is 5.56 Å². The van der Waals surface area contributed by atoms with Gasteiger partial charge in [0.15, 0.2) is 5.95 Å². The van der Waals surface area contributed by atoms with Crippen LogP contribution >= 0.6 is 0 Å². The molecule has 1 aliphatic carbocycles. The predicted octanol–water partition coefficient (Wildman–Crippen LogP) is 0.229. The minimum Gasteiger partial charge on any atom is -0.369 e. The molecule has 1 heterocycles. The molecule has 1 aliphatic rings. The van der Waals surface area contributed by atoms with Crippen molar-refractivity contribution in [3.05, 3.63) is 22.1 Å². The molecule has 3 N–H and O–H groups in total. The molecule has 0 amide bonds. The molecular formula is C7H9N3O. The largest absolute Gasteiger partial charge is 0.369 e. The molecule has 0 bridgehead atoms. The molecule has 58 valence electrons. The Hall–Kier alpha value is -1.32. The van der Waals surface area contributed by atoms with E-state index in [1.54, 1.807) is 6.20 Å². The number of hydrogen-bond acceptors (Lipinski definition) is 3. The van der Waals surface area contributed by atoms with Gasteiger partial charge in [0, 0.05) is 11.8 Å². The summed E-state index contributed by atoms with van der Waals surface area (Å²) in [6, 6.07) is 0. The first-order chi connectivity index (χ1) is 5.27. The van der Waals surface area contributed by atoms with E-state index in [1.807, 2.05) is 0 Å². The van der Waals surface area contributed by atoms with Crippen LogP contribution < -0.4 is 11.3 Å². The van der Waals surface area contributed by atoms with E-state index in [4.69, 9.17) is 5.73 Å². The number of aromatic amines is 1. The third kappa shape index (κ3) is 1.11. The number of hydrogen-bond donors (Lipinski definition) is 2. The summed E-state index contributed by atoms with van der Waals surface area (Å²) in [6.07, 6.45) is 3.79. The maximum atomic E-state index is 11.1. The van der Waals surface area contributed by atoms with E-state index >= 15 is 0 Å². The Labute approximate surface area is 63.5 Å². The minimum atomic E-state index is -0.0833. The SMILES string of the molecule is Nc1ncc(C2CC2)c(=O)[nH]1. The molecule has 4 heteroatoms. The monoisotopic (exact) mass is 151 g/mol. The molecule has 4 nitrogen and oxygen atoms in total. The lowest BCUT2D eigenvalue weighted by atomic mass is 10.2. The van der Waals surface area contributed by atoms with Crippen LogP contribution in [0.3, 0.4) is 0 Å². The highest BCUT2D eigenvalue weighted by Crippen LogP contribution is 2.37. The van der Waals surface area contributed by atoms with Gasteiger partial charge in [-0.15, -0.1) is 0 Å². The molecule has 0 radical (unpaired) electrons. The van der Waals surface area contributed by atoms with Crippen LogP contribution in [-0.4, -0.2) is 9.97 Å². The minimum absolute atomic E-state index is 0.0833. The zero-order valence-corrected chi connectivity index (χ0v) is 6.00. The normalized spacial score (nSPS) is 16.7. The highest BCUT2D eigenvalue weighted by molar-refractivity contribution is 5.22. The van der Waals surface area contributed by atoms with Crippen LogP contribution in [0.4, 0.5) is 5.95 Å². The van der Waals surface area contributed by atoms with E-state index < -0.39 is 0 Å². The summed E-state index contributed by atoms with van der Waals surface area (Å²) in [7, 11) is 0. The molecule has 1 aromatic heterocycles. The van der Waals surface area contributed by atoms with Crippen LogP contribution in [0.1, 0.15) is 24.3 Å². The molecule has 11 heavy (non-hydrogen) atoms. The van der Waals surface area contributed by atoms with Gasteiger partial charge >= 0.3 is 0 Å². The Bertz CT molecular complexity index is 327. The lowest BCUT2D eigenvalue weighted by Gasteiger charge is -1.95. The van der Waals surface area contributed by atoms with Gasteiger partial charge in [-0.25, -0.2) is 4.98 Å². The number of H-pyrrole nitrogens is 1. The molecule has 0 aromatic carbocycles. The predicted molar refractivity (Wildman–Crippen MR) is 41.2 cm³/mol. The van der Waals surface area contributed by atoms with Gasteiger partial charge in [0.1, 0.15) is 0 Å². The second-order valence-electron chi connectivity index (χ2n) is 2.83. The van der Waals surface area contributed by atoms with E-state index in [1.165, 1.54) is 0 Å². The third-order valence-corrected chi connectivity index (χ3v) is 1.86. The van der Waals surface area contributed by atoms with Crippen molar-refractivity contribution in [3.63, 3.8) is 0 Å². The van der Waals surface area contributed by atoms with Crippen LogP contribution in [-0.2, 0) is 0 Å². The first kappa shape index (κ1) is 6.39. The van der Waals surface area contributed by atoms with Gasteiger partial charge in [-0.05, 0) is 18.8 Å². The quantitative estimate of drug-likeness (QED) is 0.603. The van der Waals surface area contributed by atoms with Gasteiger partial charge in [-0.3, -0.25) is 9.78 Å². The summed E-state index contributed by atoms with van der Waals surface area (Å²) in [4.78, 5) is 17.4. The molecule has 1 fully saturated rings. The van der Waals surface area contributed by atoms with Crippen molar-refractivity contribution in [2.75, 3.05) is 5.73 Å². The first-order valence-electron chi connectivity index (χ1n) is 3.62. The lowest BCUT2D eigenvalue weighted by molar-refractivity contribution is 1.00. The molecule has 0 unspecified atom stereocenters. The number of nitrogen functional groups attached to an aromatic ring is 1. The van der Waals surface area contributed by atoms with E-state index in [2.05, 4.69) is 9.97 Å². The van der Waals surface area contributed by atoms with Gasteiger partial charge in [-0.1, -0.05) is 0 Å². The molecule has 1 aromatic rings. The zero-order chi connectivity index (χ0) is 7.84. The van der Waals surface area contributed by atoms with Crippen LogP contribution in [0.15, 0.2) is 11.0 Å². The first-order valence-corrected chi connectivity index (χ1v) is 3.62. The summed E-state index contributed by atoms with van der Waals surface area (Å²) in [5.74, 6) is 0.631. The summed E-state index contributed by atoms with van der Waals surface area (Å²) in [5.41, 5.74) is 5.98. The van der Waals surface area contributed by atoms with Crippen molar-refractivity contribution < 1.29 is 0 Å². The fourth-order valence-corrected chi connectivity index (χ4v) is 1.10. The average Bonchev–Trinajstić information content (AvgIpc) is 2.70. The van der Waals surface area contributed by atoms with E-state index in [0.29, 0.717) is 5.92 Å². The molecule has 2 rings (SSSR count). The summed E-state index contributed by atoms with van der Waals surface area (Å²) in [5, 5.41) is 0. The highest BCUT2D eigenvalue weighted by atomic mass is 16.1. The fraction of sp³-hybridized carbons (Fsp3) is 0.429. The Morgan fingerprint density at radius 2 is 2.36 bits per heavy atom. The second-order valence-corrected chi connectivity index (χ2v) is 2.83. The summed E-state index contributed by atoms with van der Waals surface area (Å²) >= 11 is 0. The zero-order valence-electron chi connectivity index (χ0n) is 6.00. The topological polar surface area (TPSA) is 71.8 Å². The van der Waals surface area contributed by atoms with Gasteiger partial charge < -0.3 is 5.73 Å². The van der Waals surface area contributed by atoms with E-state index in [-0.39, 0.29) is 11.5 Å². The van der Waals surface area contributed by atoms with Crippen molar-refractivity contribution in [1.29, 1.82) is 0 Å². The van der Waals surface area contributed by atoms with Gasteiger partial charge in [0.2, 0.25) is 0 Å². The number of nitrogens with one attached hydrogen (secondary N) is 1. The van der Waals surface area contributed by atoms with Crippen molar-refractivity contribution in [2.45, 2.75) is 18.8 Å². The Morgan fingerprint density at radius 3 is 2.91 bits per heavy atom. The van der Waals surface area contributed by atoms with Crippen LogP contribution in [0.5, 0.6) is 0 Å².